The molecular weight excluding hydrogens is 307 g/mol. The molecule has 0 aromatic carbocycles. The van der Waals surface area contributed by atoms with Crippen LogP contribution in [-0.2, 0) is 0 Å². The van der Waals surface area contributed by atoms with E-state index in [9.17, 15) is 9.90 Å². The molecule has 1 rings (SSSR count). The van der Waals surface area contributed by atoms with Crippen molar-refractivity contribution in [3.8, 4) is 0 Å². The molecule has 4 nitrogen and oxygen atoms in total. The molecule has 1 amide bonds. The molecule has 0 radical (unpaired) electrons. The van der Waals surface area contributed by atoms with Crippen LogP contribution in [0.3, 0.4) is 0 Å². The van der Waals surface area contributed by atoms with Gasteiger partial charge in [-0.25, -0.2) is 4.98 Å². The van der Waals surface area contributed by atoms with Gasteiger partial charge in [-0.1, -0.05) is 11.6 Å². The summed E-state index contributed by atoms with van der Waals surface area (Å²) in [6.45, 7) is 3.41. The molecule has 1 aromatic heterocycles. The fraction of sp³-hybridized carbons (Fsp3) is 0.455. The summed E-state index contributed by atoms with van der Waals surface area (Å²) in [4.78, 5) is 17.5. The smallest absolute Gasteiger partial charge is 0.257 e. The Morgan fingerprint density at radius 2 is 2.24 bits per heavy atom. The number of aromatic nitrogens is 1. The number of rotatable bonds is 3. The lowest BCUT2D eigenvalue weighted by atomic mass is 10.0. The number of carbonyl (C=O) groups is 1. The van der Waals surface area contributed by atoms with Gasteiger partial charge in [0.05, 0.1) is 17.7 Å². The van der Waals surface area contributed by atoms with Crippen molar-refractivity contribution in [3.63, 3.8) is 0 Å². The first-order valence-electron chi connectivity index (χ1n) is 4.99. The second-order valence-corrected chi connectivity index (χ2v) is 5.60. The van der Waals surface area contributed by atoms with E-state index >= 15 is 0 Å². The zero-order valence-corrected chi connectivity index (χ0v) is 12.2. The van der Waals surface area contributed by atoms with Crippen molar-refractivity contribution in [2.24, 2.45) is 0 Å². The van der Waals surface area contributed by atoms with Crippen molar-refractivity contribution in [2.45, 2.75) is 19.4 Å². The molecule has 6 heteroatoms. The maximum absolute atomic E-state index is 12.2. The van der Waals surface area contributed by atoms with Crippen molar-refractivity contribution in [2.75, 3.05) is 13.7 Å². The maximum atomic E-state index is 12.2. The van der Waals surface area contributed by atoms with Gasteiger partial charge in [-0.15, -0.1) is 0 Å². The molecule has 0 aliphatic rings. The average molecular weight is 322 g/mol. The lowest BCUT2D eigenvalue weighted by Crippen LogP contribution is -2.47. The summed E-state index contributed by atoms with van der Waals surface area (Å²) in [5.41, 5.74) is -0.340. The molecule has 1 heterocycles. The van der Waals surface area contributed by atoms with E-state index in [1.54, 1.807) is 27.0 Å². The van der Waals surface area contributed by atoms with Crippen LogP contribution in [0.25, 0.3) is 0 Å². The molecule has 1 N–H and O–H groups in total. The van der Waals surface area contributed by atoms with E-state index in [1.807, 2.05) is 0 Å². The third-order valence-corrected chi connectivity index (χ3v) is 3.37. The normalized spacial score (nSPS) is 11.4. The average Bonchev–Trinajstić information content (AvgIpc) is 2.30. The van der Waals surface area contributed by atoms with Crippen LogP contribution in [-0.4, -0.2) is 40.1 Å². The van der Waals surface area contributed by atoms with Crippen LogP contribution in [0.2, 0.25) is 5.15 Å². The molecular formula is C11H14BrClN2O2. The first-order valence-corrected chi connectivity index (χ1v) is 6.17. The number of amides is 1. The highest BCUT2D eigenvalue weighted by Crippen LogP contribution is 2.22. The second kappa shape index (κ2) is 5.33. The van der Waals surface area contributed by atoms with Crippen molar-refractivity contribution in [1.82, 2.24) is 9.88 Å². The fourth-order valence-electron chi connectivity index (χ4n) is 1.13. The number of pyridine rings is 1. The lowest BCUT2D eigenvalue weighted by Gasteiger charge is -2.34. The van der Waals surface area contributed by atoms with Gasteiger partial charge in [0.25, 0.3) is 5.91 Å². The van der Waals surface area contributed by atoms with Crippen molar-refractivity contribution < 1.29 is 9.90 Å². The van der Waals surface area contributed by atoms with E-state index in [2.05, 4.69) is 20.9 Å². The number of aliphatic hydroxyl groups is 1. The highest BCUT2D eigenvalue weighted by atomic mass is 79.9. The van der Waals surface area contributed by atoms with E-state index in [-0.39, 0.29) is 17.7 Å². The summed E-state index contributed by atoms with van der Waals surface area (Å²) in [7, 11) is 1.62. The van der Waals surface area contributed by atoms with E-state index in [4.69, 9.17) is 11.6 Å². The standard InChI is InChI=1S/C11H14BrClN2O2/c1-11(2,6-16)15(3)10(17)8-4-7(12)5-14-9(8)13/h4-5,16H,6H2,1-3H3. The largest absolute Gasteiger partial charge is 0.394 e. The quantitative estimate of drug-likeness (QED) is 0.869. The Hall–Kier alpha value is -0.650. The molecule has 1 aromatic rings. The SMILES string of the molecule is CN(C(=O)c1cc(Br)cnc1Cl)C(C)(C)CO. The Balaban J connectivity index is 3.08. The number of aliphatic hydroxyl groups excluding tert-OH is 1. The molecule has 0 bridgehead atoms. The number of carbonyl (C=O) groups excluding carboxylic acids is 1. The molecule has 0 saturated heterocycles. The summed E-state index contributed by atoms with van der Waals surface area (Å²) in [6, 6.07) is 1.61. The van der Waals surface area contributed by atoms with E-state index < -0.39 is 5.54 Å². The highest BCUT2D eigenvalue weighted by molar-refractivity contribution is 9.10. The van der Waals surface area contributed by atoms with Crippen LogP contribution in [0.5, 0.6) is 0 Å². The summed E-state index contributed by atoms with van der Waals surface area (Å²) in [6.07, 6.45) is 1.52. The summed E-state index contributed by atoms with van der Waals surface area (Å²) in [5, 5.41) is 9.38. The third-order valence-electron chi connectivity index (χ3n) is 2.64. The topological polar surface area (TPSA) is 53.4 Å². The second-order valence-electron chi connectivity index (χ2n) is 4.33. The van der Waals surface area contributed by atoms with E-state index in [1.165, 1.54) is 11.1 Å². The summed E-state index contributed by atoms with van der Waals surface area (Å²) in [5.74, 6) is -0.275. The van der Waals surface area contributed by atoms with Gasteiger partial charge in [0.1, 0.15) is 5.15 Å². The number of likely N-dealkylation sites (N-methyl/N-ethyl adjacent to an activating group) is 1. The van der Waals surface area contributed by atoms with Crippen LogP contribution in [0.1, 0.15) is 24.2 Å². The highest BCUT2D eigenvalue weighted by Gasteiger charge is 2.29. The number of hydrogen-bond acceptors (Lipinski definition) is 3. The molecule has 0 fully saturated rings. The molecule has 17 heavy (non-hydrogen) atoms. The van der Waals surface area contributed by atoms with Gasteiger partial charge >= 0.3 is 0 Å². The van der Waals surface area contributed by atoms with Crippen LogP contribution >= 0.6 is 27.5 Å². The number of hydrogen-bond donors (Lipinski definition) is 1. The minimum Gasteiger partial charge on any atom is -0.394 e. The Labute approximate surface area is 114 Å². The molecule has 0 spiro atoms. The minimum absolute atomic E-state index is 0.131. The summed E-state index contributed by atoms with van der Waals surface area (Å²) < 4.78 is 0.681. The Morgan fingerprint density at radius 1 is 1.65 bits per heavy atom. The van der Waals surface area contributed by atoms with Gasteiger partial charge in [-0.3, -0.25) is 4.79 Å². The lowest BCUT2D eigenvalue weighted by molar-refractivity contribution is 0.0473. The molecule has 0 aliphatic heterocycles. The van der Waals surface area contributed by atoms with Crippen LogP contribution < -0.4 is 0 Å². The van der Waals surface area contributed by atoms with Gasteiger partial charge in [-0.05, 0) is 35.8 Å². The first-order chi connectivity index (χ1) is 7.79. The van der Waals surface area contributed by atoms with Gasteiger partial charge < -0.3 is 10.0 Å². The Kier molecular flexibility index (Phi) is 4.52. The van der Waals surface area contributed by atoms with Crippen molar-refractivity contribution in [3.05, 3.63) is 27.5 Å². The maximum Gasteiger partial charge on any atom is 0.257 e. The molecule has 94 valence electrons. The van der Waals surface area contributed by atoms with E-state index in [0.29, 0.717) is 10.0 Å². The number of halogens is 2. The fourth-order valence-corrected chi connectivity index (χ4v) is 1.65. The third kappa shape index (κ3) is 3.18. The Bertz CT molecular complexity index is 437. The predicted octanol–water partition coefficient (Wildman–Crippen LogP) is 2.34. The van der Waals surface area contributed by atoms with Gasteiger partial charge in [-0.2, -0.15) is 0 Å². The zero-order valence-electron chi connectivity index (χ0n) is 9.87. The van der Waals surface area contributed by atoms with Gasteiger partial charge in [0.15, 0.2) is 0 Å². The first kappa shape index (κ1) is 14.4. The zero-order chi connectivity index (χ0) is 13.2. The minimum atomic E-state index is -0.650. The Morgan fingerprint density at radius 3 is 2.76 bits per heavy atom. The van der Waals surface area contributed by atoms with Crippen LogP contribution in [0.4, 0.5) is 0 Å². The molecule has 0 atom stereocenters. The molecule has 0 aliphatic carbocycles. The van der Waals surface area contributed by atoms with Crippen LogP contribution in [0.15, 0.2) is 16.7 Å². The monoisotopic (exact) mass is 320 g/mol. The van der Waals surface area contributed by atoms with Crippen LogP contribution in [0, 0.1) is 0 Å². The van der Waals surface area contributed by atoms with Gasteiger partial charge in [0, 0.05) is 17.7 Å². The summed E-state index contributed by atoms with van der Waals surface area (Å²) >= 11 is 9.13. The molecule has 0 saturated carbocycles. The van der Waals surface area contributed by atoms with Gasteiger partial charge in [0.2, 0.25) is 0 Å². The predicted molar refractivity (Wildman–Crippen MR) is 70.2 cm³/mol. The number of nitrogens with zero attached hydrogens (tertiary/aromatic N) is 2. The van der Waals surface area contributed by atoms with E-state index in [0.717, 1.165) is 0 Å². The van der Waals surface area contributed by atoms with Crippen molar-refractivity contribution in [1.29, 1.82) is 0 Å². The molecule has 0 unspecified atom stereocenters. The van der Waals surface area contributed by atoms with Crippen molar-refractivity contribution >= 4 is 33.4 Å².